The highest BCUT2D eigenvalue weighted by Gasteiger charge is 2.43. The summed E-state index contributed by atoms with van der Waals surface area (Å²) in [4.78, 5) is 43.0. The molecule has 4 rings (SSSR count). The summed E-state index contributed by atoms with van der Waals surface area (Å²) in [6.07, 6.45) is -1.11. The van der Waals surface area contributed by atoms with E-state index in [9.17, 15) is 14.4 Å². The molecule has 0 aliphatic carbocycles. The van der Waals surface area contributed by atoms with Crippen molar-refractivity contribution in [1.82, 2.24) is 15.1 Å². The van der Waals surface area contributed by atoms with Gasteiger partial charge in [-0.3, -0.25) is 14.5 Å². The van der Waals surface area contributed by atoms with Crippen LogP contribution in [0.5, 0.6) is 5.75 Å². The first-order chi connectivity index (χ1) is 17.9. The number of carbonyl (C=O) groups is 3. The predicted molar refractivity (Wildman–Crippen MR) is 141 cm³/mol. The van der Waals surface area contributed by atoms with Gasteiger partial charge in [0.2, 0.25) is 0 Å². The van der Waals surface area contributed by atoms with E-state index >= 15 is 0 Å². The second kappa shape index (κ2) is 11.6. The monoisotopic (exact) mass is 501 g/mol. The van der Waals surface area contributed by atoms with Gasteiger partial charge in [0.15, 0.2) is 6.17 Å². The molecule has 4 N–H and O–H groups in total. The van der Waals surface area contributed by atoms with Gasteiger partial charge < -0.3 is 26.0 Å². The predicted octanol–water partition coefficient (Wildman–Crippen LogP) is 3.09. The first kappa shape index (κ1) is 25.7. The summed E-state index contributed by atoms with van der Waals surface area (Å²) in [6.45, 7) is 2.98. The number of nitrogens with one attached hydrogen (secondary N) is 2. The zero-order valence-electron chi connectivity index (χ0n) is 20.9. The number of ether oxygens (including phenoxy) is 1. The van der Waals surface area contributed by atoms with Crippen LogP contribution in [0.1, 0.15) is 27.0 Å². The fraction of sp³-hybridized carbons (Fsp3) is 0.250. The standard InChI is InChI=1S/C28H31N5O4/c1-19-5-3-8-23(15-19)31-28(36)33-14-13-32(27(35)22-9-11-24(37-2)12-10-22)26(33)25(34)30-18-21-7-4-6-20(16-21)17-29/h3-12,15-16,26H,13-14,17-18,29H2,1-2H3,(H,30,34)(H,31,36). The Morgan fingerprint density at radius 1 is 0.946 bits per heavy atom. The number of anilines is 1. The number of nitrogens with two attached hydrogens (primary N) is 1. The fourth-order valence-electron chi connectivity index (χ4n) is 4.30. The van der Waals surface area contributed by atoms with Crippen molar-refractivity contribution in [1.29, 1.82) is 0 Å². The van der Waals surface area contributed by atoms with Crippen LogP contribution in [0.4, 0.5) is 10.5 Å². The highest BCUT2D eigenvalue weighted by atomic mass is 16.5. The molecule has 0 spiro atoms. The van der Waals surface area contributed by atoms with Gasteiger partial charge >= 0.3 is 6.03 Å². The van der Waals surface area contributed by atoms with Crippen LogP contribution < -0.4 is 21.1 Å². The molecular weight excluding hydrogens is 470 g/mol. The number of hydrogen-bond donors (Lipinski definition) is 3. The molecule has 0 aromatic heterocycles. The minimum Gasteiger partial charge on any atom is -0.497 e. The van der Waals surface area contributed by atoms with Crippen LogP contribution in [0.3, 0.4) is 0 Å². The number of nitrogens with zero attached hydrogens (tertiary/aromatic N) is 2. The van der Waals surface area contributed by atoms with Gasteiger partial charge in [-0.25, -0.2) is 4.79 Å². The molecule has 1 atom stereocenters. The zero-order chi connectivity index (χ0) is 26.4. The lowest BCUT2D eigenvalue weighted by Gasteiger charge is -2.29. The molecule has 1 unspecified atom stereocenters. The van der Waals surface area contributed by atoms with E-state index in [0.717, 1.165) is 16.7 Å². The van der Waals surface area contributed by atoms with E-state index in [2.05, 4.69) is 10.6 Å². The van der Waals surface area contributed by atoms with Gasteiger partial charge in [-0.2, -0.15) is 0 Å². The average molecular weight is 502 g/mol. The van der Waals surface area contributed by atoms with Gasteiger partial charge in [-0.1, -0.05) is 36.4 Å². The summed E-state index contributed by atoms with van der Waals surface area (Å²) in [5.74, 6) is -0.179. The number of carbonyl (C=O) groups excluding carboxylic acids is 3. The quantitative estimate of drug-likeness (QED) is 0.460. The molecule has 3 aromatic carbocycles. The highest BCUT2D eigenvalue weighted by molar-refractivity contribution is 6.00. The number of aryl methyl sites for hydroxylation is 1. The fourth-order valence-corrected chi connectivity index (χ4v) is 4.30. The van der Waals surface area contributed by atoms with Gasteiger partial charge in [0.1, 0.15) is 5.75 Å². The Hall–Kier alpha value is -4.37. The molecule has 0 bridgehead atoms. The molecule has 9 heteroatoms. The van der Waals surface area contributed by atoms with Crippen molar-refractivity contribution < 1.29 is 19.1 Å². The second-order valence-corrected chi connectivity index (χ2v) is 8.84. The Kier molecular flexibility index (Phi) is 8.05. The van der Waals surface area contributed by atoms with Crippen molar-refractivity contribution >= 4 is 23.5 Å². The summed E-state index contributed by atoms with van der Waals surface area (Å²) in [7, 11) is 1.55. The molecule has 192 valence electrons. The molecule has 4 amide bonds. The Labute approximate surface area is 216 Å². The van der Waals surface area contributed by atoms with Crippen molar-refractivity contribution in [2.45, 2.75) is 26.2 Å². The van der Waals surface area contributed by atoms with Crippen molar-refractivity contribution in [3.8, 4) is 5.75 Å². The third-order valence-electron chi connectivity index (χ3n) is 6.23. The SMILES string of the molecule is COc1ccc(C(=O)N2CCN(C(=O)Nc3cccc(C)c3)C2C(=O)NCc2cccc(CN)c2)cc1. The molecule has 1 saturated heterocycles. The van der Waals surface area contributed by atoms with Crippen LogP contribution >= 0.6 is 0 Å². The smallest absolute Gasteiger partial charge is 0.323 e. The van der Waals surface area contributed by atoms with Crippen molar-refractivity contribution in [3.63, 3.8) is 0 Å². The second-order valence-electron chi connectivity index (χ2n) is 8.84. The molecule has 0 radical (unpaired) electrons. The Morgan fingerprint density at radius 3 is 2.35 bits per heavy atom. The summed E-state index contributed by atoms with van der Waals surface area (Å²) in [5, 5.41) is 5.74. The highest BCUT2D eigenvalue weighted by Crippen LogP contribution is 2.22. The van der Waals surface area contributed by atoms with Crippen LogP contribution in [-0.2, 0) is 17.9 Å². The molecular formula is C28H31N5O4. The van der Waals surface area contributed by atoms with E-state index in [1.807, 2.05) is 49.4 Å². The lowest BCUT2D eigenvalue weighted by Crippen LogP contribution is -2.54. The van der Waals surface area contributed by atoms with Crippen molar-refractivity contribution in [3.05, 3.63) is 95.1 Å². The minimum absolute atomic E-state index is 0.209. The lowest BCUT2D eigenvalue weighted by molar-refractivity contribution is -0.128. The van der Waals surface area contributed by atoms with Gasteiger partial charge in [-0.05, 0) is 60.0 Å². The van der Waals surface area contributed by atoms with E-state index < -0.39 is 18.1 Å². The molecule has 3 aromatic rings. The minimum atomic E-state index is -1.11. The van der Waals surface area contributed by atoms with Crippen LogP contribution in [0.25, 0.3) is 0 Å². The average Bonchev–Trinajstić information content (AvgIpc) is 3.37. The molecule has 37 heavy (non-hydrogen) atoms. The molecule has 9 nitrogen and oxygen atoms in total. The Morgan fingerprint density at radius 2 is 1.65 bits per heavy atom. The van der Waals surface area contributed by atoms with E-state index in [1.165, 1.54) is 9.80 Å². The number of methoxy groups -OCH3 is 1. The summed E-state index contributed by atoms with van der Waals surface area (Å²) >= 11 is 0. The van der Waals surface area contributed by atoms with E-state index in [1.54, 1.807) is 37.4 Å². The molecule has 1 heterocycles. The van der Waals surface area contributed by atoms with Crippen molar-refractivity contribution in [2.24, 2.45) is 5.73 Å². The lowest BCUT2D eigenvalue weighted by atomic mass is 10.1. The number of benzene rings is 3. The van der Waals surface area contributed by atoms with Crippen LogP contribution in [0.2, 0.25) is 0 Å². The molecule has 1 aliphatic heterocycles. The number of urea groups is 1. The maximum Gasteiger partial charge on any atom is 0.323 e. The van der Waals surface area contributed by atoms with Gasteiger partial charge in [0.05, 0.1) is 7.11 Å². The number of hydrogen-bond acceptors (Lipinski definition) is 5. The first-order valence-electron chi connectivity index (χ1n) is 12.0. The normalized spacial score (nSPS) is 14.8. The van der Waals surface area contributed by atoms with Gasteiger partial charge in [0.25, 0.3) is 11.8 Å². The van der Waals surface area contributed by atoms with Gasteiger partial charge in [-0.15, -0.1) is 0 Å². The van der Waals surface area contributed by atoms with E-state index in [4.69, 9.17) is 10.5 Å². The summed E-state index contributed by atoms with van der Waals surface area (Å²) in [6, 6.07) is 21.2. The number of amides is 4. The molecule has 0 saturated carbocycles. The molecule has 1 fully saturated rings. The van der Waals surface area contributed by atoms with Crippen LogP contribution in [0.15, 0.2) is 72.8 Å². The number of rotatable bonds is 7. The Bertz CT molecular complexity index is 1280. The van der Waals surface area contributed by atoms with Crippen molar-refractivity contribution in [2.75, 3.05) is 25.5 Å². The summed E-state index contributed by atoms with van der Waals surface area (Å²) < 4.78 is 5.18. The third kappa shape index (κ3) is 6.07. The zero-order valence-corrected chi connectivity index (χ0v) is 20.9. The maximum absolute atomic E-state index is 13.5. The topological polar surface area (TPSA) is 117 Å². The third-order valence-corrected chi connectivity index (χ3v) is 6.23. The van der Waals surface area contributed by atoms with Crippen LogP contribution in [0, 0.1) is 6.92 Å². The maximum atomic E-state index is 13.5. The summed E-state index contributed by atoms with van der Waals surface area (Å²) in [5.41, 5.74) is 9.56. The largest absolute Gasteiger partial charge is 0.497 e. The van der Waals surface area contributed by atoms with Gasteiger partial charge in [0, 0.05) is 37.4 Å². The molecule has 1 aliphatic rings. The van der Waals surface area contributed by atoms with E-state index in [0.29, 0.717) is 23.5 Å². The van der Waals surface area contributed by atoms with E-state index in [-0.39, 0.29) is 25.5 Å². The Balaban J connectivity index is 1.56. The van der Waals surface area contributed by atoms with Crippen LogP contribution in [-0.4, -0.2) is 54.0 Å². The first-order valence-corrected chi connectivity index (χ1v) is 12.0.